The average molecular weight is 373 g/mol. The summed E-state index contributed by atoms with van der Waals surface area (Å²) < 4.78 is 18.0. The molecule has 0 saturated carbocycles. The van der Waals surface area contributed by atoms with Gasteiger partial charge in [-0.05, 0) is 66.4 Å². The molecule has 2 heterocycles. The minimum atomic E-state index is -0.472. The lowest BCUT2D eigenvalue weighted by Gasteiger charge is -2.41. The summed E-state index contributed by atoms with van der Waals surface area (Å²) in [7, 11) is -0.388. The van der Waals surface area contributed by atoms with E-state index in [1.807, 2.05) is 20.8 Å². The average Bonchev–Trinajstić information content (AvgIpc) is 2.65. The second-order valence-electron chi connectivity index (χ2n) is 9.80. The first kappa shape index (κ1) is 20.2. The van der Waals surface area contributed by atoms with E-state index in [9.17, 15) is 4.79 Å². The van der Waals surface area contributed by atoms with Gasteiger partial charge in [0, 0.05) is 19.0 Å². The van der Waals surface area contributed by atoms with Crippen LogP contribution in [0.3, 0.4) is 0 Å². The van der Waals surface area contributed by atoms with Crippen molar-refractivity contribution in [3.63, 3.8) is 0 Å². The van der Waals surface area contributed by atoms with Gasteiger partial charge in [-0.15, -0.1) is 0 Å². The van der Waals surface area contributed by atoms with Crippen molar-refractivity contribution in [1.29, 1.82) is 0 Å². The third kappa shape index (κ3) is 4.02. The number of nitrogens with zero attached hydrogens (tertiary/aromatic N) is 1. The number of likely N-dealkylation sites (tertiary alicyclic amines) is 1. The van der Waals surface area contributed by atoms with Gasteiger partial charge in [-0.1, -0.05) is 23.8 Å². The van der Waals surface area contributed by atoms with Gasteiger partial charge in [0.2, 0.25) is 0 Å². The minimum Gasteiger partial charge on any atom is -0.444 e. The van der Waals surface area contributed by atoms with E-state index < -0.39 is 5.60 Å². The molecule has 0 N–H and O–H groups in total. The Morgan fingerprint density at radius 2 is 1.70 bits per heavy atom. The molecule has 0 aromatic heterocycles. The second-order valence-corrected chi connectivity index (χ2v) is 9.80. The molecular weight excluding hydrogens is 341 g/mol. The Hall–Kier alpha value is -1.53. The summed E-state index contributed by atoms with van der Waals surface area (Å²) in [5.74, 6) is 0.271. The Kier molecular flexibility index (Phi) is 4.88. The number of amides is 1. The van der Waals surface area contributed by atoms with Gasteiger partial charge >= 0.3 is 13.2 Å². The highest BCUT2D eigenvalue weighted by Gasteiger charge is 2.52. The Labute approximate surface area is 163 Å². The standard InChI is InChI=1S/C21H32BNO4/c1-14-9-10-16(15-12-23(13-15)18(24)25-19(2,3)4)17(11-14)22-26-20(5,6)21(7,8)27-22/h9-11,15H,12-13H2,1-8H3. The fourth-order valence-electron chi connectivity index (χ4n) is 3.39. The Morgan fingerprint density at radius 3 is 2.22 bits per heavy atom. The molecular formula is C21H32BNO4. The highest BCUT2D eigenvalue weighted by Crippen LogP contribution is 2.38. The minimum absolute atomic E-state index is 0.247. The van der Waals surface area contributed by atoms with Gasteiger partial charge in [-0.25, -0.2) is 4.79 Å². The molecule has 0 radical (unpaired) electrons. The summed E-state index contributed by atoms with van der Waals surface area (Å²) in [6.45, 7) is 17.3. The van der Waals surface area contributed by atoms with Gasteiger partial charge in [0.15, 0.2) is 0 Å². The summed E-state index contributed by atoms with van der Waals surface area (Å²) in [5, 5.41) is 0. The van der Waals surface area contributed by atoms with E-state index in [-0.39, 0.29) is 30.3 Å². The van der Waals surface area contributed by atoms with E-state index >= 15 is 0 Å². The molecule has 1 aromatic carbocycles. The highest BCUT2D eigenvalue weighted by molar-refractivity contribution is 6.62. The predicted molar refractivity (Wildman–Crippen MR) is 107 cm³/mol. The Morgan fingerprint density at radius 1 is 1.15 bits per heavy atom. The first-order valence-electron chi connectivity index (χ1n) is 9.73. The van der Waals surface area contributed by atoms with Crippen molar-refractivity contribution in [2.75, 3.05) is 13.1 Å². The number of carbonyl (C=O) groups is 1. The van der Waals surface area contributed by atoms with Crippen molar-refractivity contribution >= 4 is 18.7 Å². The fraction of sp³-hybridized carbons (Fsp3) is 0.667. The second kappa shape index (κ2) is 6.52. The van der Waals surface area contributed by atoms with E-state index in [1.165, 1.54) is 11.1 Å². The highest BCUT2D eigenvalue weighted by atomic mass is 16.7. The molecule has 2 aliphatic rings. The lowest BCUT2D eigenvalue weighted by molar-refractivity contribution is 0.00578. The topological polar surface area (TPSA) is 48.0 Å². The maximum Gasteiger partial charge on any atom is 0.495 e. The molecule has 5 nitrogen and oxygen atoms in total. The number of benzene rings is 1. The molecule has 2 saturated heterocycles. The largest absolute Gasteiger partial charge is 0.495 e. The number of aryl methyl sites for hydroxylation is 1. The van der Waals surface area contributed by atoms with E-state index in [0.717, 1.165) is 5.46 Å². The van der Waals surface area contributed by atoms with Crippen LogP contribution in [0.2, 0.25) is 0 Å². The molecule has 27 heavy (non-hydrogen) atoms. The summed E-state index contributed by atoms with van der Waals surface area (Å²) in [6, 6.07) is 6.40. The van der Waals surface area contributed by atoms with Gasteiger partial charge in [-0.2, -0.15) is 0 Å². The number of hydrogen-bond donors (Lipinski definition) is 0. The first-order valence-corrected chi connectivity index (χ1v) is 9.73. The lowest BCUT2D eigenvalue weighted by atomic mass is 9.71. The van der Waals surface area contributed by atoms with Crippen molar-refractivity contribution in [1.82, 2.24) is 4.90 Å². The quantitative estimate of drug-likeness (QED) is 0.743. The maximum absolute atomic E-state index is 12.2. The third-order valence-corrected chi connectivity index (χ3v) is 5.72. The summed E-state index contributed by atoms with van der Waals surface area (Å²) in [4.78, 5) is 14.0. The van der Waals surface area contributed by atoms with Crippen LogP contribution in [0.5, 0.6) is 0 Å². The fourth-order valence-corrected chi connectivity index (χ4v) is 3.39. The molecule has 1 aromatic rings. The van der Waals surface area contributed by atoms with Gasteiger partial charge in [0.05, 0.1) is 11.2 Å². The SMILES string of the molecule is Cc1ccc(C2CN(C(=O)OC(C)(C)C)C2)c(B2OC(C)(C)C(C)(C)O2)c1. The van der Waals surface area contributed by atoms with Crippen LogP contribution in [0.4, 0.5) is 4.79 Å². The van der Waals surface area contributed by atoms with Gasteiger partial charge in [0.25, 0.3) is 0 Å². The normalized spacial score (nSPS) is 21.9. The van der Waals surface area contributed by atoms with Crippen LogP contribution < -0.4 is 5.46 Å². The van der Waals surface area contributed by atoms with Gasteiger partial charge in [0.1, 0.15) is 5.60 Å². The predicted octanol–water partition coefficient (Wildman–Crippen LogP) is 3.63. The molecule has 2 fully saturated rings. The molecule has 6 heteroatoms. The maximum atomic E-state index is 12.2. The lowest BCUT2D eigenvalue weighted by Crippen LogP contribution is -2.52. The summed E-state index contributed by atoms with van der Waals surface area (Å²) in [6.07, 6.45) is -0.247. The molecule has 0 atom stereocenters. The molecule has 0 unspecified atom stereocenters. The van der Waals surface area contributed by atoms with Crippen LogP contribution in [-0.4, -0.2) is 48.0 Å². The third-order valence-electron chi connectivity index (χ3n) is 5.72. The smallest absolute Gasteiger partial charge is 0.444 e. The molecule has 0 aliphatic carbocycles. The van der Waals surface area contributed by atoms with Gasteiger partial charge in [-0.3, -0.25) is 0 Å². The van der Waals surface area contributed by atoms with E-state index in [2.05, 4.69) is 52.8 Å². The molecule has 2 aliphatic heterocycles. The Balaban J connectivity index is 1.77. The zero-order chi connectivity index (χ0) is 20.2. The molecule has 3 rings (SSSR count). The summed E-state index contributed by atoms with van der Waals surface area (Å²) >= 11 is 0. The van der Waals surface area contributed by atoms with Crippen molar-refractivity contribution in [3.05, 3.63) is 29.3 Å². The summed E-state index contributed by atoms with van der Waals surface area (Å²) in [5.41, 5.74) is 2.22. The van der Waals surface area contributed by atoms with E-state index in [0.29, 0.717) is 13.1 Å². The van der Waals surface area contributed by atoms with Crippen LogP contribution in [0.25, 0.3) is 0 Å². The van der Waals surface area contributed by atoms with Gasteiger partial charge < -0.3 is 18.9 Å². The number of ether oxygens (including phenoxy) is 1. The van der Waals surface area contributed by atoms with Crippen molar-refractivity contribution in [3.8, 4) is 0 Å². The van der Waals surface area contributed by atoms with Crippen LogP contribution >= 0.6 is 0 Å². The van der Waals surface area contributed by atoms with Crippen LogP contribution in [0.15, 0.2) is 18.2 Å². The van der Waals surface area contributed by atoms with Crippen LogP contribution in [-0.2, 0) is 14.0 Å². The van der Waals surface area contributed by atoms with Crippen molar-refractivity contribution in [2.24, 2.45) is 0 Å². The molecule has 0 bridgehead atoms. The monoisotopic (exact) mass is 373 g/mol. The van der Waals surface area contributed by atoms with E-state index in [1.54, 1.807) is 4.90 Å². The van der Waals surface area contributed by atoms with E-state index in [4.69, 9.17) is 14.0 Å². The molecule has 1 amide bonds. The number of carbonyl (C=O) groups excluding carboxylic acids is 1. The number of hydrogen-bond acceptors (Lipinski definition) is 4. The number of rotatable bonds is 2. The van der Waals surface area contributed by atoms with Crippen LogP contribution in [0, 0.1) is 6.92 Å². The zero-order valence-electron chi connectivity index (χ0n) is 17.9. The Bertz CT molecular complexity index is 716. The van der Waals surface area contributed by atoms with Crippen molar-refractivity contribution < 1.29 is 18.8 Å². The van der Waals surface area contributed by atoms with Crippen molar-refractivity contribution in [2.45, 2.75) is 78.1 Å². The molecule has 148 valence electrons. The first-order chi connectivity index (χ1) is 12.3. The van der Waals surface area contributed by atoms with Crippen LogP contribution in [0.1, 0.15) is 65.5 Å². The zero-order valence-corrected chi connectivity index (χ0v) is 17.9. The molecule has 0 spiro atoms.